The topological polar surface area (TPSA) is 46.6 Å². The zero-order valence-corrected chi connectivity index (χ0v) is 12.0. The third-order valence-corrected chi connectivity index (χ3v) is 5.53. The van der Waals surface area contributed by atoms with Gasteiger partial charge in [0.2, 0.25) is 10.0 Å². The van der Waals surface area contributed by atoms with Crippen LogP contribution in [0.4, 0.5) is 0 Å². The van der Waals surface area contributed by atoms with E-state index in [0.717, 1.165) is 32.1 Å². The zero-order chi connectivity index (χ0) is 12.9. The van der Waals surface area contributed by atoms with Crippen LogP contribution in [0.15, 0.2) is 0 Å². The Balaban J connectivity index is 2.59. The number of hydrogen-bond donors (Lipinski definition) is 0. The van der Waals surface area contributed by atoms with E-state index in [1.165, 1.54) is 4.31 Å². The molecule has 0 aliphatic carbocycles. The summed E-state index contributed by atoms with van der Waals surface area (Å²) in [7, 11) is -1.48. The molecule has 0 N–H and O–H groups in total. The van der Waals surface area contributed by atoms with E-state index >= 15 is 0 Å². The van der Waals surface area contributed by atoms with Crippen LogP contribution in [0.5, 0.6) is 0 Å². The molecule has 0 radical (unpaired) electrons. The summed E-state index contributed by atoms with van der Waals surface area (Å²) in [6.07, 6.45) is 4.62. The van der Waals surface area contributed by atoms with Gasteiger partial charge < -0.3 is 4.74 Å². The van der Waals surface area contributed by atoms with E-state index in [0.29, 0.717) is 6.61 Å². The summed E-state index contributed by atoms with van der Waals surface area (Å²) in [5.41, 5.74) is 0. The lowest BCUT2D eigenvalue weighted by molar-refractivity contribution is 0.0298. The molecule has 0 bridgehead atoms. The Morgan fingerprint density at radius 1 is 1.29 bits per heavy atom. The van der Waals surface area contributed by atoms with Crippen LogP contribution in [0, 0.1) is 0 Å². The molecule has 17 heavy (non-hydrogen) atoms. The number of nitrogens with zero attached hydrogens (tertiary/aromatic N) is 1. The van der Waals surface area contributed by atoms with Crippen molar-refractivity contribution < 1.29 is 13.2 Å². The van der Waals surface area contributed by atoms with Crippen molar-refractivity contribution >= 4 is 10.0 Å². The molecule has 1 heterocycles. The second-order valence-corrected chi connectivity index (χ2v) is 6.83. The first kappa shape index (κ1) is 14.9. The van der Waals surface area contributed by atoms with Crippen LogP contribution in [-0.2, 0) is 14.8 Å². The van der Waals surface area contributed by atoms with Gasteiger partial charge in [0.1, 0.15) is 0 Å². The molecule has 4 nitrogen and oxygen atoms in total. The number of hydrogen-bond acceptors (Lipinski definition) is 3. The zero-order valence-electron chi connectivity index (χ0n) is 11.2. The molecule has 0 aromatic rings. The molecule has 102 valence electrons. The van der Waals surface area contributed by atoms with E-state index in [-0.39, 0.29) is 17.9 Å². The van der Waals surface area contributed by atoms with Crippen molar-refractivity contribution in [3.8, 4) is 0 Å². The van der Waals surface area contributed by atoms with Crippen molar-refractivity contribution in [2.75, 3.05) is 19.4 Å². The van der Waals surface area contributed by atoms with Gasteiger partial charge in [-0.25, -0.2) is 12.7 Å². The van der Waals surface area contributed by atoms with Gasteiger partial charge >= 0.3 is 0 Å². The summed E-state index contributed by atoms with van der Waals surface area (Å²) in [4.78, 5) is 0. The molecule has 0 amide bonds. The molecule has 1 aliphatic heterocycles. The molecular weight excluding hydrogens is 238 g/mol. The van der Waals surface area contributed by atoms with E-state index in [1.54, 1.807) is 7.05 Å². The molecule has 0 saturated carbocycles. The average molecular weight is 263 g/mol. The third kappa shape index (κ3) is 4.23. The highest BCUT2D eigenvalue weighted by Crippen LogP contribution is 2.18. The fourth-order valence-electron chi connectivity index (χ4n) is 2.32. The van der Waals surface area contributed by atoms with E-state index in [4.69, 9.17) is 4.74 Å². The smallest absolute Gasteiger partial charge is 0.216 e. The van der Waals surface area contributed by atoms with Crippen molar-refractivity contribution in [3.05, 3.63) is 0 Å². The third-order valence-electron chi connectivity index (χ3n) is 3.57. The largest absolute Gasteiger partial charge is 0.377 e. The lowest BCUT2D eigenvalue weighted by atomic mass is 10.1. The van der Waals surface area contributed by atoms with Crippen LogP contribution in [-0.4, -0.2) is 44.3 Å². The van der Waals surface area contributed by atoms with Crippen molar-refractivity contribution in [3.63, 3.8) is 0 Å². The summed E-state index contributed by atoms with van der Waals surface area (Å²) in [6, 6.07) is 0.114. The second-order valence-electron chi connectivity index (χ2n) is 4.75. The molecule has 1 atom stereocenters. The minimum atomic E-state index is -3.18. The van der Waals surface area contributed by atoms with E-state index < -0.39 is 10.0 Å². The maximum Gasteiger partial charge on any atom is 0.216 e. The number of ether oxygens (including phenoxy) is 1. The quantitative estimate of drug-likeness (QED) is 0.736. The first-order chi connectivity index (χ1) is 8.01. The molecule has 1 rings (SSSR count). The summed E-state index contributed by atoms with van der Waals surface area (Å²) >= 11 is 0. The Morgan fingerprint density at radius 2 is 1.94 bits per heavy atom. The lowest BCUT2D eigenvalue weighted by Gasteiger charge is -2.29. The Labute approximate surface area is 105 Å². The molecule has 0 aromatic carbocycles. The van der Waals surface area contributed by atoms with Gasteiger partial charge in [0, 0.05) is 19.7 Å². The van der Waals surface area contributed by atoms with Gasteiger partial charge in [-0.1, -0.05) is 13.8 Å². The first-order valence-corrected chi connectivity index (χ1v) is 8.19. The highest BCUT2D eigenvalue weighted by Gasteiger charge is 2.28. The Kier molecular flexibility index (Phi) is 5.89. The number of sulfonamides is 1. The second kappa shape index (κ2) is 6.71. The van der Waals surface area contributed by atoms with Crippen molar-refractivity contribution in [2.24, 2.45) is 0 Å². The minimum Gasteiger partial charge on any atom is -0.377 e. The maximum absolute atomic E-state index is 12.2. The van der Waals surface area contributed by atoms with Gasteiger partial charge in [-0.15, -0.1) is 0 Å². The van der Waals surface area contributed by atoms with Gasteiger partial charge in [-0.3, -0.25) is 0 Å². The Morgan fingerprint density at radius 3 is 2.41 bits per heavy atom. The van der Waals surface area contributed by atoms with Crippen LogP contribution >= 0.6 is 0 Å². The average Bonchev–Trinajstić information content (AvgIpc) is 2.31. The Hall–Kier alpha value is -0.130. The normalized spacial score (nSPS) is 22.3. The van der Waals surface area contributed by atoms with Crippen molar-refractivity contribution in [1.29, 1.82) is 0 Å². The first-order valence-electron chi connectivity index (χ1n) is 6.58. The van der Waals surface area contributed by atoms with Gasteiger partial charge in [0.15, 0.2) is 0 Å². The summed E-state index contributed by atoms with van der Waals surface area (Å²) in [5, 5.41) is 0. The predicted molar refractivity (Wildman–Crippen MR) is 69.5 cm³/mol. The maximum atomic E-state index is 12.2. The van der Waals surface area contributed by atoms with Crippen LogP contribution in [0.3, 0.4) is 0 Å². The highest BCUT2D eigenvalue weighted by molar-refractivity contribution is 7.89. The molecule has 0 spiro atoms. The van der Waals surface area contributed by atoms with E-state index in [9.17, 15) is 8.42 Å². The van der Waals surface area contributed by atoms with Crippen molar-refractivity contribution in [2.45, 2.75) is 58.1 Å². The molecular formula is C12H25NO3S. The van der Waals surface area contributed by atoms with Crippen LogP contribution in [0.2, 0.25) is 0 Å². The highest BCUT2D eigenvalue weighted by atomic mass is 32.2. The van der Waals surface area contributed by atoms with Gasteiger partial charge in [0.05, 0.1) is 11.9 Å². The Bertz CT molecular complexity index is 306. The summed E-state index contributed by atoms with van der Waals surface area (Å²) in [6.45, 7) is 4.75. The SMILES string of the molecule is CCC(CC)N(C)S(=O)(=O)C[C@@H]1CCCCO1. The fraction of sp³-hybridized carbons (Fsp3) is 1.00. The monoisotopic (exact) mass is 263 g/mol. The summed E-state index contributed by atoms with van der Waals surface area (Å²) in [5.74, 6) is 0.139. The predicted octanol–water partition coefficient (Wildman–Crippen LogP) is 2.01. The standard InChI is InChI=1S/C12H25NO3S/c1-4-11(5-2)13(3)17(14,15)10-12-8-6-7-9-16-12/h11-12H,4-10H2,1-3H3/t12-/m0/s1. The molecule has 5 heteroatoms. The van der Waals surface area contributed by atoms with Crippen LogP contribution in [0.1, 0.15) is 46.0 Å². The molecule has 1 fully saturated rings. The number of rotatable bonds is 6. The van der Waals surface area contributed by atoms with Crippen LogP contribution < -0.4 is 0 Å². The molecule has 1 saturated heterocycles. The fourth-order valence-corrected chi connectivity index (χ4v) is 4.04. The lowest BCUT2D eigenvalue weighted by Crippen LogP contribution is -2.41. The summed E-state index contributed by atoms with van der Waals surface area (Å²) < 4.78 is 31.4. The van der Waals surface area contributed by atoms with E-state index in [2.05, 4.69) is 0 Å². The molecule has 0 aromatic heterocycles. The molecule has 1 aliphatic rings. The van der Waals surface area contributed by atoms with Gasteiger partial charge in [-0.2, -0.15) is 0 Å². The van der Waals surface area contributed by atoms with Crippen LogP contribution in [0.25, 0.3) is 0 Å². The van der Waals surface area contributed by atoms with Gasteiger partial charge in [-0.05, 0) is 32.1 Å². The van der Waals surface area contributed by atoms with Gasteiger partial charge in [0.25, 0.3) is 0 Å². The van der Waals surface area contributed by atoms with Crippen molar-refractivity contribution in [1.82, 2.24) is 4.31 Å². The van der Waals surface area contributed by atoms with E-state index in [1.807, 2.05) is 13.8 Å². The minimum absolute atomic E-state index is 0.106. The molecule has 0 unspecified atom stereocenters.